The summed E-state index contributed by atoms with van der Waals surface area (Å²) in [7, 11) is 1.90. The minimum absolute atomic E-state index is 0.0506. The zero-order valence-corrected chi connectivity index (χ0v) is 15.8. The van der Waals surface area contributed by atoms with Crippen LogP contribution in [0.2, 0.25) is 0 Å². The molecule has 0 aliphatic rings. The molecular weight excluding hydrogens is 346 g/mol. The Kier molecular flexibility index (Phi) is 5.68. The van der Waals surface area contributed by atoms with Crippen LogP contribution >= 0.6 is 11.8 Å². The Balaban J connectivity index is 1.76. The van der Waals surface area contributed by atoms with Crippen LogP contribution in [0.1, 0.15) is 13.8 Å². The molecule has 2 aromatic heterocycles. The van der Waals surface area contributed by atoms with E-state index in [2.05, 4.69) is 15.2 Å². The summed E-state index contributed by atoms with van der Waals surface area (Å²) < 4.78 is 1.89. The summed E-state index contributed by atoms with van der Waals surface area (Å²) in [5.41, 5.74) is 1.80. The first kappa shape index (κ1) is 18.1. The number of amides is 1. The quantitative estimate of drug-likeness (QED) is 0.625. The predicted molar refractivity (Wildman–Crippen MR) is 104 cm³/mol. The highest BCUT2D eigenvalue weighted by atomic mass is 32.2. The molecule has 3 aromatic rings. The number of anilines is 1. The summed E-state index contributed by atoms with van der Waals surface area (Å²) in [5.74, 6) is 0.783. The molecule has 0 N–H and O–H groups in total. The molecule has 1 aromatic carbocycles. The number of thioether (sulfide) groups is 1. The van der Waals surface area contributed by atoms with E-state index in [1.807, 2.05) is 67.9 Å². The lowest BCUT2D eigenvalue weighted by Gasteiger charge is -2.24. The number of rotatable bonds is 6. The summed E-state index contributed by atoms with van der Waals surface area (Å²) in [6.07, 6.45) is 3.47. The molecule has 0 fully saturated rings. The van der Waals surface area contributed by atoms with E-state index in [0.29, 0.717) is 11.7 Å². The van der Waals surface area contributed by atoms with E-state index in [-0.39, 0.29) is 11.2 Å². The Morgan fingerprint density at radius 3 is 2.62 bits per heavy atom. The van der Waals surface area contributed by atoms with Gasteiger partial charge in [0.15, 0.2) is 11.0 Å². The molecule has 1 atom stereocenters. The van der Waals surface area contributed by atoms with E-state index >= 15 is 0 Å². The SMILES string of the molecule is CCN(C(=O)C(C)Sc1nnc(-c2cccnc2)n1C)c1ccccc1. The van der Waals surface area contributed by atoms with Crippen LogP contribution in [-0.2, 0) is 11.8 Å². The van der Waals surface area contributed by atoms with Gasteiger partial charge < -0.3 is 9.47 Å². The minimum Gasteiger partial charge on any atom is -0.312 e. The first-order valence-corrected chi connectivity index (χ1v) is 9.32. The summed E-state index contributed by atoms with van der Waals surface area (Å²) in [6, 6.07) is 13.5. The molecule has 0 radical (unpaired) electrons. The number of nitrogens with zero attached hydrogens (tertiary/aromatic N) is 5. The molecule has 134 valence electrons. The molecule has 0 aliphatic carbocycles. The monoisotopic (exact) mass is 367 g/mol. The van der Waals surface area contributed by atoms with Gasteiger partial charge in [0.2, 0.25) is 5.91 Å². The highest BCUT2D eigenvalue weighted by molar-refractivity contribution is 8.00. The maximum Gasteiger partial charge on any atom is 0.240 e. The lowest BCUT2D eigenvalue weighted by molar-refractivity contribution is -0.117. The van der Waals surface area contributed by atoms with Crippen LogP contribution in [0, 0.1) is 0 Å². The van der Waals surface area contributed by atoms with Crippen molar-refractivity contribution in [2.45, 2.75) is 24.3 Å². The van der Waals surface area contributed by atoms with Crippen molar-refractivity contribution in [1.82, 2.24) is 19.7 Å². The maximum absolute atomic E-state index is 12.9. The van der Waals surface area contributed by atoms with Gasteiger partial charge in [0, 0.05) is 37.2 Å². The van der Waals surface area contributed by atoms with E-state index in [1.54, 1.807) is 17.3 Å². The van der Waals surface area contributed by atoms with Crippen molar-refractivity contribution >= 4 is 23.4 Å². The third-order valence-electron chi connectivity index (χ3n) is 4.03. The number of para-hydroxylation sites is 1. The summed E-state index contributed by atoms with van der Waals surface area (Å²) in [4.78, 5) is 18.8. The molecule has 0 saturated carbocycles. The number of pyridine rings is 1. The number of hydrogen-bond donors (Lipinski definition) is 0. The smallest absolute Gasteiger partial charge is 0.240 e. The van der Waals surface area contributed by atoms with Crippen LogP contribution in [0.3, 0.4) is 0 Å². The van der Waals surface area contributed by atoms with Gasteiger partial charge in [-0.1, -0.05) is 30.0 Å². The van der Waals surface area contributed by atoms with Gasteiger partial charge in [0.25, 0.3) is 0 Å². The minimum atomic E-state index is -0.278. The van der Waals surface area contributed by atoms with Gasteiger partial charge in [-0.05, 0) is 38.1 Å². The van der Waals surface area contributed by atoms with Gasteiger partial charge in [-0.15, -0.1) is 10.2 Å². The Bertz CT molecular complexity index is 866. The first-order chi connectivity index (χ1) is 12.6. The Hall–Kier alpha value is -2.67. The number of carbonyl (C=O) groups excluding carboxylic acids is 1. The van der Waals surface area contributed by atoms with Gasteiger partial charge in [-0.3, -0.25) is 9.78 Å². The number of aromatic nitrogens is 4. The van der Waals surface area contributed by atoms with Crippen LogP contribution in [-0.4, -0.2) is 37.5 Å². The average Bonchev–Trinajstić information content (AvgIpc) is 3.04. The van der Waals surface area contributed by atoms with Gasteiger partial charge in [0.05, 0.1) is 5.25 Å². The van der Waals surface area contributed by atoms with Crippen molar-refractivity contribution in [2.24, 2.45) is 7.05 Å². The Labute approximate surface area is 157 Å². The second-order valence-electron chi connectivity index (χ2n) is 5.79. The first-order valence-electron chi connectivity index (χ1n) is 8.44. The predicted octanol–water partition coefficient (Wildman–Crippen LogP) is 3.41. The molecule has 26 heavy (non-hydrogen) atoms. The third-order valence-corrected chi connectivity index (χ3v) is 5.16. The highest BCUT2D eigenvalue weighted by Gasteiger charge is 2.24. The molecular formula is C19H21N5OS. The van der Waals surface area contributed by atoms with Crippen molar-refractivity contribution in [1.29, 1.82) is 0 Å². The second-order valence-corrected chi connectivity index (χ2v) is 7.09. The van der Waals surface area contributed by atoms with E-state index in [4.69, 9.17) is 0 Å². The topological polar surface area (TPSA) is 63.9 Å². The van der Waals surface area contributed by atoms with Gasteiger partial charge in [-0.2, -0.15) is 0 Å². The molecule has 0 bridgehead atoms. The van der Waals surface area contributed by atoms with E-state index in [1.165, 1.54) is 11.8 Å². The standard InChI is InChI=1S/C19H21N5OS/c1-4-24(16-10-6-5-7-11-16)18(25)14(2)26-19-22-21-17(23(19)3)15-9-8-12-20-13-15/h5-14H,4H2,1-3H3. The van der Waals surface area contributed by atoms with E-state index < -0.39 is 0 Å². The van der Waals surface area contributed by atoms with E-state index in [9.17, 15) is 4.79 Å². The van der Waals surface area contributed by atoms with Gasteiger partial charge in [0.1, 0.15) is 0 Å². The molecule has 1 amide bonds. The van der Waals surface area contributed by atoms with Crippen LogP contribution in [0.4, 0.5) is 5.69 Å². The summed E-state index contributed by atoms with van der Waals surface area (Å²) >= 11 is 1.41. The second kappa shape index (κ2) is 8.14. The Morgan fingerprint density at radius 2 is 1.96 bits per heavy atom. The molecule has 6 nitrogen and oxygen atoms in total. The lowest BCUT2D eigenvalue weighted by Crippen LogP contribution is -2.36. The molecule has 0 spiro atoms. The van der Waals surface area contributed by atoms with Crippen LogP contribution in [0.25, 0.3) is 11.4 Å². The largest absolute Gasteiger partial charge is 0.312 e. The normalized spacial score (nSPS) is 12.0. The molecule has 1 unspecified atom stereocenters. The average molecular weight is 367 g/mol. The fourth-order valence-electron chi connectivity index (χ4n) is 2.67. The van der Waals surface area contributed by atoms with Crippen LogP contribution in [0.5, 0.6) is 0 Å². The summed E-state index contributed by atoms with van der Waals surface area (Å²) in [5, 5.41) is 8.92. The fraction of sp³-hybridized carbons (Fsp3) is 0.263. The Morgan fingerprint density at radius 1 is 1.19 bits per heavy atom. The molecule has 0 aliphatic heterocycles. The van der Waals surface area contributed by atoms with Gasteiger partial charge >= 0.3 is 0 Å². The van der Waals surface area contributed by atoms with Crippen LogP contribution < -0.4 is 4.90 Å². The van der Waals surface area contributed by atoms with Crippen molar-refractivity contribution in [3.05, 3.63) is 54.9 Å². The lowest BCUT2D eigenvalue weighted by atomic mass is 10.2. The summed E-state index contributed by atoms with van der Waals surface area (Å²) in [6.45, 7) is 4.50. The van der Waals surface area contributed by atoms with Crippen LogP contribution in [0.15, 0.2) is 60.0 Å². The number of benzene rings is 1. The van der Waals surface area contributed by atoms with Crippen molar-refractivity contribution < 1.29 is 4.79 Å². The highest BCUT2D eigenvalue weighted by Crippen LogP contribution is 2.27. The molecule has 0 saturated heterocycles. The third kappa shape index (κ3) is 3.77. The van der Waals surface area contributed by atoms with E-state index in [0.717, 1.165) is 17.1 Å². The molecule has 2 heterocycles. The van der Waals surface area contributed by atoms with Gasteiger partial charge in [-0.25, -0.2) is 0 Å². The number of carbonyl (C=O) groups is 1. The zero-order chi connectivity index (χ0) is 18.5. The molecule has 3 rings (SSSR count). The van der Waals surface area contributed by atoms with Crippen molar-refractivity contribution in [3.8, 4) is 11.4 Å². The molecule has 7 heteroatoms. The van der Waals surface area contributed by atoms with Crippen molar-refractivity contribution in [3.63, 3.8) is 0 Å². The fourth-order valence-corrected chi connectivity index (χ4v) is 3.54. The van der Waals surface area contributed by atoms with Crippen molar-refractivity contribution in [2.75, 3.05) is 11.4 Å². The zero-order valence-electron chi connectivity index (χ0n) is 15.0. The number of hydrogen-bond acceptors (Lipinski definition) is 5. The maximum atomic E-state index is 12.9.